The predicted octanol–water partition coefficient (Wildman–Crippen LogP) is 1.61. The lowest BCUT2D eigenvalue weighted by Gasteiger charge is -2.59. The van der Waals surface area contributed by atoms with Gasteiger partial charge in [0, 0.05) is 11.8 Å². The van der Waals surface area contributed by atoms with E-state index in [1.165, 1.54) is 0 Å². The number of hydrogen-bond acceptors (Lipinski definition) is 4. The van der Waals surface area contributed by atoms with Crippen LogP contribution in [0.25, 0.3) is 0 Å². The van der Waals surface area contributed by atoms with E-state index in [2.05, 4.69) is 13.8 Å². The van der Waals surface area contributed by atoms with Gasteiger partial charge in [-0.2, -0.15) is 0 Å². The molecular weight excluding hydrogens is 220 g/mol. The van der Waals surface area contributed by atoms with Crippen LogP contribution in [0.2, 0.25) is 0 Å². The fourth-order valence-corrected chi connectivity index (χ4v) is 3.89. The number of fused-ring (bicyclic) bond motifs is 1. The Labute approximate surface area is 101 Å². The second-order valence-electron chi connectivity index (χ2n) is 6.43. The molecule has 4 heteroatoms. The summed E-state index contributed by atoms with van der Waals surface area (Å²) >= 11 is 0. The smallest absolute Gasteiger partial charge is 0.165 e. The molecular formula is C13H20O4. The highest BCUT2D eigenvalue weighted by atomic mass is 17.2. The van der Waals surface area contributed by atoms with Crippen molar-refractivity contribution in [3.8, 4) is 0 Å². The van der Waals surface area contributed by atoms with E-state index in [4.69, 9.17) is 9.78 Å². The Morgan fingerprint density at radius 2 is 2.06 bits per heavy atom. The molecule has 3 rings (SSSR count). The molecule has 1 aliphatic heterocycles. The first-order valence-electron chi connectivity index (χ1n) is 6.49. The van der Waals surface area contributed by atoms with Gasteiger partial charge in [-0.25, -0.2) is 9.78 Å². The predicted molar refractivity (Wildman–Crippen MR) is 60.1 cm³/mol. The SMILES string of the molecule is CC1(C)CCC(=O)C2OOC3CC21CCC3O. The van der Waals surface area contributed by atoms with E-state index in [1.54, 1.807) is 0 Å². The summed E-state index contributed by atoms with van der Waals surface area (Å²) in [7, 11) is 0. The van der Waals surface area contributed by atoms with Gasteiger partial charge < -0.3 is 5.11 Å². The first kappa shape index (κ1) is 11.6. The number of aliphatic hydroxyl groups is 1. The normalized spacial score (nSPS) is 48.6. The van der Waals surface area contributed by atoms with Crippen molar-refractivity contribution in [2.45, 2.75) is 64.3 Å². The summed E-state index contributed by atoms with van der Waals surface area (Å²) < 4.78 is 0. The van der Waals surface area contributed by atoms with E-state index in [0.717, 1.165) is 19.3 Å². The second-order valence-corrected chi connectivity index (χ2v) is 6.43. The van der Waals surface area contributed by atoms with Gasteiger partial charge in [0.15, 0.2) is 11.9 Å². The Morgan fingerprint density at radius 3 is 2.82 bits per heavy atom. The number of carbonyl (C=O) groups is 1. The minimum absolute atomic E-state index is 0.0771. The molecule has 4 nitrogen and oxygen atoms in total. The first-order chi connectivity index (χ1) is 7.96. The molecule has 1 spiro atoms. The summed E-state index contributed by atoms with van der Waals surface area (Å²) in [6, 6.07) is 0. The molecule has 0 aromatic rings. The number of Topliss-reactive ketones (excluding diaryl/α,β-unsaturated/α-hetero) is 1. The molecule has 3 aliphatic rings. The molecule has 96 valence electrons. The number of ketones is 1. The quantitative estimate of drug-likeness (QED) is 0.653. The van der Waals surface area contributed by atoms with E-state index in [-0.39, 0.29) is 22.7 Å². The van der Waals surface area contributed by atoms with Crippen LogP contribution >= 0.6 is 0 Å². The summed E-state index contributed by atoms with van der Waals surface area (Å²) in [6.07, 6.45) is 2.68. The van der Waals surface area contributed by atoms with Gasteiger partial charge in [-0.05, 0) is 31.1 Å². The summed E-state index contributed by atoms with van der Waals surface area (Å²) in [6.45, 7) is 4.44. The van der Waals surface area contributed by atoms with Crippen LogP contribution in [0.15, 0.2) is 0 Å². The lowest BCUT2D eigenvalue weighted by Crippen LogP contribution is -2.63. The van der Waals surface area contributed by atoms with Crippen molar-refractivity contribution in [1.82, 2.24) is 0 Å². The molecule has 1 N–H and O–H groups in total. The third kappa shape index (κ3) is 1.44. The zero-order valence-electron chi connectivity index (χ0n) is 10.4. The minimum Gasteiger partial charge on any atom is -0.390 e. The third-order valence-electron chi connectivity index (χ3n) is 5.29. The lowest BCUT2D eigenvalue weighted by atomic mass is 9.50. The van der Waals surface area contributed by atoms with Gasteiger partial charge in [0.1, 0.15) is 6.10 Å². The fourth-order valence-electron chi connectivity index (χ4n) is 3.89. The summed E-state index contributed by atoms with van der Waals surface area (Å²) in [5.41, 5.74) is -0.0573. The van der Waals surface area contributed by atoms with Crippen LogP contribution in [-0.2, 0) is 14.6 Å². The molecule has 0 aromatic heterocycles. The first-order valence-corrected chi connectivity index (χ1v) is 6.49. The standard InChI is InChI=1S/C13H20O4/c1-12(2)5-3-9(15)11-13(12)6-4-8(14)10(7-13)16-17-11/h8,10-11,14H,3-7H2,1-2H3. The Balaban J connectivity index is 2.00. The van der Waals surface area contributed by atoms with Gasteiger partial charge >= 0.3 is 0 Å². The maximum Gasteiger partial charge on any atom is 0.165 e. The molecule has 17 heavy (non-hydrogen) atoms. The van der Waals surface area contributed by atoms with Crippen LogP contribution < -0.4 is 0 Å². The molecule has 2 aliphatic carbocycles. The van der Waals surface area contributed by atoms with E-state index in [0.29, 0.717) is 12.8 Å². The maximum atomic E-state index is 12.0. The number of rotatable bonds is 0. The van der Waals surface area contributed by atoms with Crippen molar-refractivity contribution in [3.63, 3.8) is 0 Å². The highest BCUT2D eigenvalue weighted by Crippen LogP contribution is 2.60. The fraction of sp³-hybridized carbons (Fsp3) is 0.923. The number of carbonyl (C=O) groups excluding carboxylic acids is 1. The van der Waals surface area contributed by atoms with Crippen LogP contribution in [0.1, 0.15) is 46.0 Å². The molecule has 2 saturated carbocycles. The monoisotopic (exact) mass is 240 g/mol. The maximum absolute atomic E-state index is 12.0. The average molecular weight is 240 g/mol. The van der Waals surface area contributed by atoms with E-state index in [9.17, 15) is 9.90 Å². The van der Waals surface area contributed by atoms with Gasteiger partial charge in [0.2, 0.25) is 0 Å². The average Bonchev–Trinajstić information content (AvgIpc) is 2.30. The molecule has 1 saturated heterocycles. The van der Waals surface area contributed by atoms with E-state index in [1.807, 2.05) is 0 Å². The molecule has 4 atom stereocenters. The van der Waals surface area contributed by atoms with Crippen molar-refractivity contribution in [2.24, 2.45) is 10.8 Å². The van der Waals surface area contributed by atoms with Crippen molar-refractivity contribution < 1.29 is 19.7 Å². The van der Waals surface area contributed by atoms with Crippen molar-refractivity contribution in [1.29, 1.82) is 0 Å². The third-order valence-corrected chi connectivity index (χ3v) is 5.29. The molecule has 0 radical (unpaired) electrons. The minimum atomic E-state index is -0.450. The molecule has 2 bridgehead atoms. The summed E-state index contributed by atoms with van der Waals surface area (Å²) in [4.78, 5) is 22.6. The second kappa shape index (κ2) is 3.53. The largest absolute Gasteiger partial charge is 0.390 e. The highest BCUT2D eigenvalue weighted by Gasteiger charge is 2.62. The molecule has 3 fully saturated rings. The van der Waals surface area contributed by atoms with E-state index >= 15 is 0 Å². The molecule has 1 heterocycles. The molecule has 0 amide bonds. The van der Waals surface area contributed by atoms with Gasteiger partial charge in [0.05, 0.1) is 6.10 Å². The van der Waals surface area contributed by atoms with Crippen LogP contribution in [0, 0.1) is 10.8 Å². The zero-order chi connectivity index (χ0) is 12.3. The van der Waals surface area contributed by atoms with Crippen molar-refractivity contribution in [2.75, 3.05) is 0 Å². The Bertz CT molecular complexity index is 351. The van der Waals surface area contributed by atoms with E-state index < -0.39 is 12.2 Å². The highest BCUT2D eigenvalue weighted by molar-refractivity contribution is 5.85. The van der Waals surface area contributed by atoms with Gasteiger partial charge in [0.25, 0.3) is 0 Å². The van der Waals surface area contributed by atoms with Crippen LogP contribution in [-0.4, -0.2) is 29.2 Å². The van der Waals surface area contributed by atoms with Crippen molar-refractivity contribution in [3.05, 3.63) is 0 Å². The van der Waals surface area contributed by atoms with Crippen molar-refractivity contribution >= 4 is 5.78 Å². The number of hydrogen-bond donors (Lipinski definition) is 1. The van der Waals surface area contributed by atoms with Crippen LogP contribution in [0.4, 0.5) is 0 Å². The van der Waals surface area contributed by atoms with Gasteiger partial charge in [-0.1, -0.05) is 13.8 Å². The van der Waals surface area contributed by atoms with Crippen LogP contribution in [0.3, 0.4) is 0 Å². The lowest BCUT2D eigenvalue weighted by molar-refractivity contribution is -0.426. The molecule has 4 unspecified atom stereocenters. The molecule has 0 aromatic carbocycles. The Hall–Kier alpha value is -0.450. The Morgan fingerprint density at radius 1 is 1.29 bits per heavy atom. The summed E-state index contributed by atoms with van der Waals surface area (Å²) in [5, 5.41) is 9.85. The van der Waals surface area contributed by atoms with Gasteiger partial charge in [-0.3, -0.25) is 4.79 Å². The topological polar surface area (TPSA) is 55.8 Å². The Kier molecular flexibility index (Phi) is 2.41. The van der Waals surface area contributed by atoms with Gasteiger partial charge in [-0.15, -0.1) is 0 Å². The number of aliphatic hydroxyl groups excluding tert-OH is 1. The summed E-state index contributed by atoms with van der Waals surface area (Å²) in [5.74, 6) is 0.166. The zero-order valence-corrected chi connectivity index (χ0v) is 10.4. The van der Waals surface area contributed by atoms with Crippen LogP contribution in [0.5, 0.6) is 0 Å².